The number of rotatable bonds is 58. The number of carbonyl (C=O) groups is 17. The van der Waals surface area contributed by atoms with Crippen molar-refractivity contribution in [3.05, 3.63) is 35.9 Å². The fraction of sp³-hybridized carbons (Fsp3) is 0.720. The van der Waals surface area contributed by atoms with Crippen molar-refractivity contribution < 1.29 is 81.5 Å². The largest absolute Gasteiger partial charge is 0.368 e. The van der Waals surface area contributed by atoms with Gasteiger partial charge in [-0.3, -0.25) is 86.4 Å². The summed E-state index contributed by atoms with van der Waals surface area (Å²) in [4.78, 5) is 240. The van der Waals surface area contributed by atoms with Crippen LogP contribution in [0, 0.1) is 11.8 Å². The number of hydrogen-bond donors (Lipinski definition) is 16. The Balaban J connectivity index is 1.67. The lowest BCUT2D eigenvalue weighted by Crippen LogP contribution is -2.60. The average molecular weight is 1740 g/mol. The molecule has 3 fully saturated rings. The van der Waals surface area contributed by atoms with Gasteiger partial charge in [0.1, 0.15) is 66.5 Å². The standard InChI is InChI=1S/C82H138N20O17S2/c1-10-13-16-28-56(48-99(12-3)49-70(108)90-53(8)72(109)87-45-66(85)104)92-69(107)47-89-73(110)57(31-22-39-84)94-76(113)61(44-51(4)5)98-75(112)59(95-74(111)58(29-17-14-11-2)96-79(116)64-33-24-41-101(64)82(119)71(52(6)7)91-54(9)103)37-43-120-121-50-62(93-68(106)36-35-55-26-18-15-19-27-55)77(114)97-60(30-20-21-38-83)80(117)102-42-25-34-65(102)81(118)100-40-23-32-63(100)78(115)88-46-67(86)105/h15,18-19,26-27,51-53,56-65,71H,10-14,16-17,20-25,28-50,83-84H2,1-9H3,(H2,85,104)(H2,86,105)(H,87,109)(H,88,115)(H,89,110)(H,90,108)(H,91,103)(H,92,107)(H,93,106)(H,94,113)(H,95,111)(H,96,116)(H,97,114)(H,98,112). The molecule has 3 heterocycles. The van der Waals surface area contributed by atoms with Gasteiger partial charge in [-0.15, -0.1) is 0 Å². The second kappa shape index (κ2) is 56.5. The highest BCUT2D eigenvalue weighted by Crippen LogP contribution is 2.29. The van der Waals surface area contributed by atoms with Crippen molar-refractivity contribution in [2.45, 2.75) is 282 Å². The van der Waals surface area contributed by atoms with Crippen molar-refractivity contribution in [3.63, 3.8) is 0 Å². The molecule has 17 amide bonds. The van der Waals surface area contributed by atoms with Gasteiger partial charge in [0.05, 0.1) is 26.2 Å². The first-order valence-corrected chi connectivity index (χ1v) is 45.5. The van der Waals surface area contributed by atoms with Gasteiger partial charge in [-0.2, -0.15) is 0 Å². The zero-order chi connectivity index (χ0) is 89.7. The van der Waals surface area contributed by atoms with Crippen LogP contribution in [-0.2, 0) is 87.9 Å². The van der Waals surface area contributed by atoms with Gasteiger partial charge in [-0.05, 0) is 147 Å². The quantitative estimate of drug-likeness (QED) is 0.0279. The lowest BCUT2D eigenvalue weighted by molar-refractivity contribution is -0.148. The van der Waals surface area contributed by atoms with Gasteiger partial charge in [-0.1, -0.05) is 139 Å². The minimum absolute atomic E-state index is 0.0102. The number of likely N-dealkylation sites (tertiary alicyclic amines) is 3. The predicted octanol–water partition coefficient (Wildman–Crippen LogP) is -0.862. The number of benzene rings is 1. The summed E-state index contributed by atoms with van der Waals surface area (Å²) in [5.41, 5.74) is 23.2. The van der Waals surface area contributed by atoms with Gasteiger partial charge in [0, 0.05) is 57.1 Å². The minimum Gasteiger partial charge on any atom is -0.368 e. The highest BCUT2D eigenvalue weighted by atomic mass is 33.1. The summed E-state index contributed by atoms with van der Waals surface area (Å²) in [6.45, 7) is 15.8. The number of nitrogens with one attached hydrogen (secondary N) is 12. The molecule has 680 valence electrons. The maximum atomic E-state index is 15.2. The van der Waals surface area contributed by atoms with Crippen LogP contribution in [-0.4, -0.2) is 276 Å². The summed E-state index contributed by atoms with van der Waals surface area (Å²) in [7, 11) is 2.31. The third-order valence-electron chi connectivity index (χ3n) is 21.2. The Labute approximate surface area is 720 Å². The van der Waals surface area contributed by atoms with Crippen LogP contribution in [0.25, 0.3) is 0 Å². The van der Waals surface area contributed by atoms with E-state index in [9.17, 15) is 71.9 Å². The van der Waals surface area contributed by atoms with Crippen LogP contribution in [0.15, 0.2) is 30.3 Å². The van der Waals surface area contributed by atoms with E-state index in [0.717, 1.165) is 42.0 Å². The lowest BCUT2D eigenvalue weighted by Gasteiger charge is -2.33. The fourth-order valence-corrected chi connectivity index (χ4v) is 16.9. The predicted molar refractivity (Wildman–Crippen MR) is 461 cm³/mol. The summed E-state index contributed by atoms with van der Waals surface area (Å²) >= 11 is 0. The normalized spacial score (nSPS) is 17.3. The van der Waals surface area contributed by atoms with E-state index in [-0.39, 0.29) is 127 Å². The molecule has 12 unspecified atom stereocenters. The van der Waals surface area contributed by atoms with Crippen LogP contribution in [0.2, 0.25) is 0 Å². The van der Waals surface area contributed by atoms with Crippen LogP contribution in [0.1, 0.15) is 209 Å². The van der Waals surface area contributed by atoms with E-state index in [4.69, 9.17) is 22.9 Å². The Kier molecular flexibility index (Phi) is 48.6. The summed E-state index contributed by atoms with van der Waals surface area (Å²) < 4.78 is 0. The molecule has 12 atom stereocenters. The Hall–Kier alpha value is -9.21. The van der Waals surface area contributed by atoms with Crippen molar-refractivity contribution in [2.24, 2.45) is 34.8 Å². The van der Waals surface area contributed by atoms with Gasteiger partial charge in [0.25, 0.3) is 0 Å². The molecule has 1 aromatic rings. The van der Waals surface area contributed by atoms with Gasteiger partial charge < -0.3 is 101 Å². The Morgan fingerprint density at radius 3 is 1.60 bits per heavy atom. The summed E-state index contributed by atoms with van der Waals surface area (Å²) in [6, 6.07) is -3.88. The molecule has 121 heavy (non-hydrogen) atoms. The Morgan fingerprint density at radius 1 is 0.479 bits per heavy atom. The monoisotopic (exact) mass is 1740 g/mol. The van der Waals surface area contributed by atoms with Crippen molar-refractivity contribution in [2.75, 3.05) is 83.5 Å². The van der Waals surface area contributed by atoms with Crippen LogP contribution >= 0.6 is 21.6 Å². The van der Waals surface area contributed by atoms with Gasteiger partial charge in [0.15, 0.2) is 0 Å². The molecule has 3 saturated heterocycles. The van der Waals surface area contributed by atoms with Gasteiger partial charge in [0.2, 0.25) is 100 Å². The number of unbranched alkanes of at least 4 members (excludes halogenated alkanes) is 5. The number of aryl methyl sites for hydroxylation is 1. The SMILES string of the molecule is CCCCCC(CN(CC)CC(=O)NC(C)C(=O)NCC(N)=O)NC(=O)CNC(=O)C(CCCN)NC(=O)C(CC(C)C)NC(=O)C(CCSSCC(NC(=O)CCc1ccccc1)C(=O)NC(CCCCN)C(=O)N1CCCC1C(=O)N1CCCC1C(=O)NCC(N)=O)NC(=O)C(CCCCC)NC(=O)C1CCCN1C(=O)C(NC(C)=O)C(C)C. The van der Waals surface area contributed by atoms with Crippen molar-refractivity contribution in [1.82, 2.24) is 83.4 Å². The molecule has 0 aliphatic carbocycles. The smallest absolute Gasteiger partial charge is 0.246 e. The zero-order valence-corrected chi connectivity index (χ0v) is 73.9. The third kappa shape index (κ3) is 38.0. The number of primary amides is 2. The molecular weight excluding hydrogens is 1600 g/mol. The number of carbonyl (C=O) groups excluding carboxylic acids is 17. The van der Waals surface area contributed by atoms with Gasteiger partial charge >= 0.3 is 0 Å². The number of nitrogens with two attached hydrogens (primary N) is 4. The molecule has 3 aliphatic rings. The number of hydrogen-bond acceptors (Lipinski definition) is 22. The van der Waals surface area contributed by atoms with Crippen molar-refractivity contribution in [3.8, 4) is 0 Å². The summed E-state index contributed by atoms with van der Waals surface area (Å²) in [6.07, 6.45) is 8.56. The highest BCUT2D eigenvalue weighted by molar-refractivity contribution is 8.76. The van der Waals surface area contributed by atoms with E-state index < -0.39 is 193 Å². The van der Waals surface area contributed by atoms with E-state index in [1.807, 2.05) is 51.1 Å². The van der Waals surface area contributed by atoms with Crippen molar-refractivity contribution in [1.29, 1.82) is 0 Å². The topological polar surface area (TPSA) is 552 Å². The molecule has 0 radical (unpaired) electrons. The second-order valence-electron chi connectivity index (χ2n) is 32.1. The van der Waals surface area contributed by atoms with Crippen LogP contribution in [0.3, 0.4) is 0 Å². The van der Waals surface area contributed by atoms with E-state index in [2.05, 4.69) is 63.8 Å². The molecular formula is C82H138N20O17S2. The molecule has 0 saturated carbocycles. The second-order valence-corrected chi connectivity index (χ2v) is 34.7. The van der Waals surface area contributed by atoms with E-state index >= 15 is 9.59 Å². The number of likely N-dealkylation sites (N-methyl/N-ethyl adjacent to an activating group) is 1. The zero-order valence-electron chi connectivity index (χ0n) is 72.3. The molecule has 0 bridgehead atoms. The van der Waals surface area contributed by atoms with Crippen LogP contribution in [0.5, 0.6) is 0 Å². The Bertz CT molecular complexity index is 3570. The first-order valence-electron chi connectivity index (χ1n) is 43.1. The van der Waals surface area contributed by atoms with Gasteiger partial charge in [-0.25, -0.2) is 0 Å². The number of amides is 17. The Morgan fingerprint density at radius 2 is 1.00 bits per heavy atom. The molecule has 37 nitrogen and oxygen atoms in total. The lowest BCUT2D eigenvalue weighted by atomic mass is 10.0. The maximum absolute atomic E-state index is 15.2. The highest BCUT2D eigenvalue weighted by Gasteiger charge is 2.45. The van der Waals surface area contributed by atoms with Crippen LogP contribution in [0.4, 0.5) is 0 Å². The first kappa shape index (κ1) is 104. The fourth-order valence-electron chi connectivity index (χ4n) is 14.6. The first-order chi connectivity index (χ1) is 57.7. The summed E-state index contributed by atoms with van der Waals surface area (Å²) in [5.74, 6) is -11.2. The molecule has 0 spiro atoms. The van der Waals surface area contributed by atoms with E-state index in [1.54, 1.807) is 32.6 Å². The maximum Gasteiger partial charge on any atom is 0.246 e. The van der Waals surface area contributed by atoms with E-state index in [1.165, 1.54) is 39.3 Å². The molecule has 4 rings (SSSR count). The molecule has 0 aromatic heterocycles. The molecule has 20 N–H and O–H groups in total. The van der Waals surface area contributed by atoms with Crippen molar-refractivity contribution >= 4 is 122 Å². The van der Waals surface area contributed by atoms with Crippen LogP contribution < -0.4 is 86.7 Å². The molecule has 1 aromatic carbocycles. The minimum atomic E-state index is -1.45. The average Bonchev–Trinajstić information content (AvgIpc) is 1.66. The summed E-state index contributed by atoms with van der Waals surface area (Å²) in [5, 5.41) is 32.9. The van der Waals surface area contributed by atoms with E-state index in [0.29, 0.717) is 70.8 Å². The molecule has 3 aliphatic heterocycles. The number of nitrogens with zero attached hydrogens (tertiary/aromatic N) is 4. The third-order valence-corrected chi connectivity index (χ3v) is 23.7. The molecule has 39 heteroatoms.